The number of carbonyl (C=O) groups excluding carboxylic acids is 1. The molecule has 0 unspecified atom stereocenters. The summed E-state index contributed by atoms with van der Waals surface area (Å²) >= 11 is 0. The zero-order valence-corrected chi connectivity index (χ0v) is 14.8. The molecular weight excluding hydrogens is 343 g/mol. The van der Waals surface area contributed by atoms with Gasteiger partial charge in [0.2, 0.25) is 5.96 Å². The van der Waals surface area contributed by atoms with Crippen LogP contribution in [0.2, 0.25) is 0 Å². The van der Waals surface area contributed by atoms with Crippen LogP contribution in [0.1, 0.15) is 21.5 Å². The minimum absolute atomic E-state index is 0.274. The van der Waals surface area contributed by atoms with Gasteiger partial charge in [0.25, 0.3) is 5.91 Å². The van der Waals surface area contributed by atoms with Crippen molar-refractivity contribution in [2.45, 2.75) is 13.5 Å². The van der Waals surface area contributed by atoms with Crippen molar-refractivity contribution in [1.82, 2.24) is 10.3 Å². The summed E-state index contributed by atoms with van der Waals surface area (Å²) in [6.45, 7) is 2.30. The van der Waals surface area contributed by atoms with E-state index >= 15 is 0 Å². The van der Waals surface area contributed by atoms with Crippen LogP contribution < -0.4 is 10.6 Å². The van der Waals surface area contributed by atoms with Crippen molar-refractivity contribution < 1.29 is 9.18 Å². The van der Waals surface area contributed by atoms with Crippen molar-refractivity contribution in [1.29, 1.82) is 0 Å². The molecule has 0 bridgehead atoms. The Hall–Kier alpha value is -3.54. The van der Waals surface area contributed by atoms with Gasteiger partial charge in [0.05, 0.1) is 6.54 Å². The van der Waals surface area contributed by atoms with Gasteiger partial charge in [-0.3, -0.25) is 15.1 Å². The fraction of sp³-hybridized carbons (Fsp3) is 0.0952. The Bertz CT molecular complexity index is 923. The van der Waals surface area contributed by atoms with E-state index in [1.165, 1.54) is 12.1 Å². The van der Waals surface area contributed by atoms with Crippen molar-refractivity contribution in [2.75, 3.05) is 5.32 Å². The van der Waals surface area contributed by atoms with Crippen LogP contribution in [-0.2, 0) is 6.54 Å². The van der Waals surface area contributed by atoms with Gasteiger partial charge in [-0.1, -0.05) is 23.8 Å². The number of nitrogens with zero attached hydrogens (tertiary/aromatic N) is 2. The molecular formula is C21H19FN4O. The number of nitrogens with one attached hydrogen (secondary N) is 2. The van der Waals surface area contributed by atoms with Gasteiger partial charge >= 0.3 is 0 Å². The van der Waals surface area contributed by atoms with Crippen LogP contribution in [0.3, 0.4) is 0 Å². The molecule has 27 heavy (non-hydrogen) atoms. The van der Waals surface area contributed by atoms with E-state index in [0.29, 0.717) is 17.8 Å². The highest BCUT2D eigenvalue weighted by molar-refractivity contribution is 6.09. The van der Waals surface area contributed by atoms with Gasteiger partial charge < -0.3 is 5.32 Å². The maximum atomic E-state index is 13.1. The number of amides is 1. The largest absolute Gasteiger partial charge is 0.326 e. The Balaban J connectivity index is 1.78. The number of guanidine groups is 1. The second-order valence-corrected chi connectivity index (χ2v) is 5.98. The van der Waals surface area contributed by atoms with Crippen molar-refractivity contribution in [3.63, 3.8) is 0 Å². The molecule has 2 N–H and O–H groups in total. The van der Waals surface area contributed by atoms with Gasteiger partial charge in [0, 0.05) is 23.6 Å². The molecule has 0 aliphatic rings. The lowest BCUT2D eigenvalue weighted by atomic mass is 10.1. The first-order valence-corrected chi connectivity index (χ1v) is 8.44. The van der Waals surface area contributed by atoms with Crippen molar-refractivity contribution in [3.05, 3.63) is 95.6 Å². The molecule has 0 saturated carbocycles. The molecule has 2 aromatic carbocycles. The van der Waals surface area contributed by atoms with Gasteiger partial charge in [-0.15, -0.1) is 0 Å². The van der Waals surface area contributed by atoms with Gasteiger partial charge in [-0.05, 0) is 55.0 Å². The Morgan fingerprint density at radius 3 is 2.48 bits per heavy atom. The molecule has 1 amide bonds. The summed E-state index contributed by atoms with van der Waals surface area (Å²) in [5.41, 5.74) is 3.11. The number of aryl methyl sites for hydroxylation is 1. The molecule has 1 aromatic heterocycles. The number of hydrogen-bond donors (Lipinski definition) is 2. The summed E-state index contributed by atoms with van der Waals surface area (Å²) in [4.78, 5) is 21.0. The standard InChI is InChI=1S/C21H19FN4O/c1-15-4-6-17(7-5-15)20(27)26-21(24-14-16-3-2-12-23-13-16)25-19-10-8-18(22)9-11-19/h2-13H,14H2,1H3,(H2,24,25,26,27). The lowest BCUT2D eigenvalue weighted by Crippen LogP contribution is -2.36. The predicted molar refractivity (Wildman–Crippen MR) is 104 cm³/mol. The average molecular weight is 362 g/mol. The average Bonchev–Trinajstić information content (AvgIpc) is 2.69. The zero-order chi connectivity index (χ0) is 19.1. The fourth-order valence-electron chi connectivity index (χ4n) is 2.33. The lowest BCUT2D eigenvalue weighted by molar-refractivity contribution is 0.0977. The van der Waals surface area contributed by atoms with E-state index in [9.17, 15) is 9.18 Å². The first-order chi connectivity index (χ1) is 13.1. The Morgan fingerprint density at radius 1 is 1.07 bits per heavy atom. The van der Waals surface area contributed by atoms with E-state index in [2.05, 4.69) is 20.6 Å². The van der Waals surface area contributed by atoms with Gasteiger partial charge in [-0.25, -0.2) is 9.38 Å². The van der Waals surface area contributed by atoms with Crippen molar-refractivity contribution >= 4 is 17.6 Å². The zero-order valence-electron chi connectivity index (χ0n) is 14.8. The van der Waals surface area contributed by atoms with Crippen LogP contribution in [0, 0.1) is 12.7 Å². The van der Waals surface area contributed by atoms with Crippen LogP contribution in [0.15, 0.2) is 78.0 Å². The molecule has 0 aliphatic heterocycles. The second kappa shape index (κ2) is 8.71. The predicted octanol–water partition coefficient (Wildman–Crippen LogP) is 3.93. The highest BCUT2D eigenvalue weighted by atomic mass is 19.1. The van der Waals surface area contributed by atoms with E-state index in [1.807, 2.05) is 31.2 Å². The highest BCUT2D eigenvalue weighted by Gasteiger charge is 2.09. The third-order valence-corrected chi connectivity index (χ3v) is 3.80. The minimum atomic E-state index is -0.335. The van der Waals surface area contributed by atoms with E-state index in [-0.39, 0.29) is 17.7 Å². The van der Waals surface area contributed by atoms with Crippen LogP contribution >= 0.6 is 0 Å². The summed E-state index contributed by atoms with van der Waals surface area (Å²) in [6.07, 6.45) is 3.39. The number of aliphatic imine (C=N–C) groups is 1. The molecule has 0 saturated heterocycles. The van der Waals surface area contributed by atoms with Gasteiger partial charge in [-0.2, -0.15) is 0 Å². The van der Waals surface area contributed by atoms with Gasteiger partial charge in [0.15, 0.2) is 0 Å². The quantitative estimate of drug-likeness (QED) is 0.546. The molecule has 0 radical (unpaired) electrons. The van der Waals surface area contributed by atoms with Crippen LogP contribution in [0.25, 0.3) is 0 Å². The fourth-order valence-corrected chi connectivity index (χ4v) is 2.33. The number of hydrogen-bond acceptors (Lipinski definition) is 3. The number of rotatable bonds is 4. The van der Waals surface area contributed by atoms with Crippen LogP contribution in [0.5, 0.6) is 0 Å². The molecule has 3 rings (SSSR count). The molecule has 0 aliphatic carbocycles. The van der Waals surface area contributed by atoms with E-state index < -0.39 is 0 Å². The van der Waals surface area contributed by atoms with E-state index in [1.54, 1.807) is 36.7 Å². The summed E-state index contributed by atoms with van der Waals surface area (Å²) in [5.74, 6) is -0.344. The Morgan fingerprint density at radius 2 is 1.81 bits per heavy atom. The lowest BCUT2D eigenvalue weighted by Gasteiger charge is -2.12. The van der Waals surface area contributed by atoms with Crippen molar-refractivity contribution in [3.8, 4) is 0 Å². The molecule has 5 nitrogen and oxygen atoms in total. The molecule has 6 heteroatoms. The maximum absolute atomic E-state index is 13.1. The third-order valence-electron chi connectivity index (χ3n) is 3.80. The molecule has 1 heterocycles. The number of anilines is 1. The maximum Gasteiger partial charge on any atom is 0.257 e. The van der Waals surface area contributed by atoms with Gasteiger partial charge in [0.1, 0.15) is 5.82 Å². The van der Waals surface area contributed by atoms with Crippen LogP contribution in [-0.4, -0.2) is 16.9 Å². The smallest absolute Gasteiger partial charge is 0.257 e. The summed E-state index contributed by atoms with van der Waals surface area (Å²) in [7, 11) is 0. The molecule has 0 atom stereocenters. The molecule has 3 aromatic rings. The molecule has 0 spiro atoms. The third kappa shape index (κ3) is 5.47. The monoisotopic (exact) mass is 362 g/mol. The molecule has 136 valence electrons. The summed E-state index contributed by atoms with van der Waals surface area (Å²) < 4.78 is 13.1. The first kappa shape index (κ1) is 18.3. The Labute approximate surface area is 157 Å². The Kier molecular flexibility index (Phi) is 5.89. The highest BCUT2D eigenvalue weighted by Crippen LogP contribution is 2.09. The summed E-state index contributed by atoms with van der Waals surface area (Å²) in [6, 6.07) is 16.8. The van der Waals surface area contributed by atoms with E-state index in [0.717, 1.165) is 11.1 Å². The topological polar surface area (TPSA) is 66.4 Å². The number of aromatic nitrogens is 1. The number of halogens is 1. The molecule has 0 fully saturated rings. The van der Waals surface area contributed by atoms with Crippen LogP contribution in [0.4, 0.5) is 10.1 Å². The second-order valence-electron chi connectivity index (χ2n) is 5.98. The number of pyridine rings is 1. The first-order valence-electron chi connectivity index (χ1n) is 8.44. The minimum Gasteiger partial charge on any atom is -0.326 e. The SMILES string of the molecule is Cc1ccc(C(=O)NC(=NCc2cccnc2)Nc2ccc(F)cc2)cc1. The van der Waals surface area contributed by atoms with Crippen molar-refractivity contribution in [2.24, 2.45) is 4.99 Å². The van der Waals surface area contributed by atoms with E-state index in [4.69, 9.17) is 0 Å². The number of carbonyl (C=O) groups is 1. The normalized spacial score (nSPS) is 11.1. The summed E-state index contributed by atoms with van der Waals surface area (Å²) in [5, 5.41) is 5.79. The number of benzene rings is 2.